The fourth-order valence-corrected chi connectivity index (χ4v) is 2.11. The zero-order chi connectivity index (χ0) is 18.2. The molecule has 2 aromatic carbocycles. The lowest BCUT2D eigenvalue weighted by molar-refractivity contribution is -0.116. The smallest absolute Gasteiger partial charge is 0.387 e. The van der Waals surface area contributed by atoms with E-state index in [2.05, 4.69) is 10.1 Å². The first kappa shape index (κ1) is 18.4. The minimum absolute atomic E-state index is 0.0570. The first-order chi connectivity index (χ1) is 12.0. The highest BCUT2D eigenvalue weighted by Gasteiger charge is 2.10. The third-order valence-electron chi connectivity index (χ3n) is 3.42. The van der Waals surface area contributed by atoms with Crippen LogP contribution in [0.5, 0.6) is 11.5 Å². The van der Waals surface area contributed by atoms with Crippen molar-refractivity contribution in [3.63, 3.8) is 0 Å². The Balaban J connectivity index is 1.95. The van der Waals surface area contributed by atoms with Crippen molar-refractivity contribution < 1.29 is 23.0 Å². The number of aryl methyl sites for hydroxylation is 1. The Morgan fingerprint density at radius 3 is 2.52 bits per heavy atom. The van der Waals surface area contributed by atoms with Crippen molar-refractivity contribution in [1.29, 1.82) is 0 Å². The van der Waals surface area contributed by atoms with Gasteiger partial charge < -0.3 is 14.8 Å². The SMILES string of the molecule is COc1cc(/C=C/C(=O)NCc2ccc(C)cc2)ccc1OC(F)F. The molecule has 25 heavy (non-hydrogen) atoms. The van der Waals surface area contributed by atoms with Crippen molar-refractivity contribution in [2.75, 3.05) is 7.11 Å². The third-order valence-corrected chi connectivity index (χ3v) is 3.42. The van der Waals surface area contributed by atoms with Gasteiger partial charge in [-0.3, -0.25) is 4.79 Å². The summed E-state index contributed by atoms with van der Waals surface area (Å²) in [5, 5.41) is 2.77. The molecule has 4 nitrogen and oxygen atoms in total. The molecule has 0 heterocycles. The lowest BCUT2D eigenvalue weighted by Crippen LogP contribution is -2.20. The molecular weight excluding hydrogens is 328 g/mol. The molecule has 2 rings (SSSR count). The Morgan fingerprint density at radius 2 is 1.88 bits per heavy atom. The average Bonchev–Trinajstić information content (AvgIpc) is 2.60. The van der Waals surface area contributed by atoms with E-state index in [0.717, 1.165) is 11.1 Å². The molecule has 0 aliphatic carbocycles. The van der Waals surface area contributed by atoms with Crippen molar-refractivity contribution in [2.24, 2.45) is 0 Å². The Morgan fingerprint density at radius 1 is 1.16 bits per heavy atom. The molecule has 2 aromatic rings. The van der Waals surface area contributed by atoms with E-state index >= 15 is 0 Å². The number of hydrogen-bond acceptors (Lipinski definition) is 3. The lowest BCUT2D eigenvalue weighted by Gasteiger charge is -2.10. The van der Waals surface area contributed by atoms with Crippen molar-refractivity contribution in [2.45, 2.75) is 20.1 Å². The van der Waals surface area contributed by atoms with Crippen LogP contribution >= 0.6 is 0 Å². The largest absolute Gasteiger partial charge is 0.493 e. The van der Waals surface area contributed by atoms with Crippen molar-refractivity contribution in [3.05, 3.63) is 65.2 Å². The van der Waals surface area contributed by atoms with Crippen LogP contribution in [-0.2, 0) is 11.3 Å². The molecule has 0 atom stereocenters. The molecule has 0 fully saturated rings. The van der Waals surface area contributed by atoms with Gasteiger partial charge in [-0.25, -0.2) is 0 Å². The van der Waals surface area contributed by atoms with E-state index in [1.807, 2.05) is 31.2 Å². The number of hydrogen-bond donors (Lipinski definition) is 1. The first-order valence-corrected chi connectivity index (χ1v) is 7.62. The third kappa shape index (κ3) is 5.91. The topological polar surface area (TPSA) is 47.6 Å². The van der Waals surface area contributed by atoms with Gasteiger partial charge in [0.25, 0.3) is 0 Å². The van der Waals surface area contributed by atoms with E-state index in [-0.39, 0.29) is 17.4 Å². The highest BCUT2D eigenvalue weighted by atomic mass is 19.3. The zero-order valence-corrected chi connectivity index (χ0v) is 14.0. The second-order valence-electron chi connectivity index (χ2n) is 5.33. The van der Waals surface area contributed by atoms with Gasteiger partial charge in [-0.05, 0) is 36.3 Å². The highest BCUT2D eigenvalue weighted by molar-refractivity contribution is 5.91. The van der Waals surface area contributed by atoms with Crippen LogP contribution in [0.25, 0.3) is 6.08 Å². The molecule has 0 saturated carbocycles. The zero-order valence-electron chi connectivity index (χ0n) is 14.0. The lowest BCUT2D eigenvalue weighted by atomic mass is 10.1. The van der Waals surface area contributed by atoms with Crippen LogP contribution in [0.1, 0.15) is 16.7 Å². The number of methoxy groups -OCH3 is 1. The summed E-state index contributed by atoms with van der Waals surface area (Å²) in [5.41, 5.74) is 2.79. The molecule has 0 radical (unpaired) electrons. The molecule has 0 unspecified atom stereocenters. The van der Waals surface area contributed by atoms with Crippen LogP contribution in [0.4, 0.5) is 8.78 Å². The molecule has 1 amide bonds. The monoisotopic (exact) mass is 347 g/mol. The van der Waals surface area contributed by atoms with Gasteiger partial charge in [-0.2, -0.15) is 8.78 Å². The quantitative estimate of drug-likeness (QED) is 0.772. The minimum atomic E-state index is -2.93. The minimum Gasteiger partial charge on any atom is -0.493 e. The molecule has 0 spiro atoms. The van der Waals surface area contributed by atoms with Gasteiger partial charge >= 0.3 is 6.61 Å². The van der Waals surface area contributed by atoms with E-state index in [1.165, 1.54) is 25.3 Å². The van der Waals surface area contributed by atoms with E-state index in [1.54, 1.807) is 12.1 Å². The van der Waals surface area contributed by atoms with Crippen molar-refractivity contribution >= 4 is 12.0 Å². The van der Waals surface area contributed by atoms with E-state index in [0.29, 0.717) is 12.1 Å². The van der Waals surface area contributed by atoms with E-state index < -0.39 is 6.61 Å². The number of carbonyl (C=O) groups excluding carboxylic acids is 1. The highest BCUT2D eigenvalue weighted by Crippen LogP contribution is 2.29. The molecule has 0 aromatic heterocycles. The summed E-state index contributed by atoms with van der Waals surface area (Å²) >= 11 is 0. The molecule has 1 N–H and O–H groups in total. The van der Waals surface area contributed by atoms with Crippen molar-refractivity contribution in [3.8, 4) is 11.5 Å². The average molecular weight is 347 g/mol. The number of halogens is 2. The number of ether oxygens (including phenoxy) is 2. The van der Waals surface area contributed by atoms with Gasteiger partial charge in [0.05, 0.1) is 7.11 Å². The van der Waals surface area contributed by atoms with Gasteiger partial charge in [0.2, 0.25) is 5.91 Å². The molecule has 0 saturated heterocycles. The normalized spacial score (nSPS) is 10.9. The second-order valence-corrected chi connectivity index (χ2v) is 5.33. The maximum Gasteiger partial charge on any atom is 0.387 e. The Kier molecular flexibility index (Phi) is 6.51. The number of nitrogens with one attached hydrogen (secondary N) is 1. The summed E-state index contributed by atoms with van der Waals surface area (Å²) in [7, 11) is 1.36. The molecule has 132 valence electrons. The van der Waals surface area contributed by atoms with Gasteiger partial charge in [0.1, 0.15) is 0 Å². The van der Waals surface area contributed by atoms with Crippen LogP contribution < -0.4 is 14.8 Å². The fourth-order valence-electron chi connectivity index (χ4n) is 2.11. The summed E-state index contributed by atoms with van der Waals surface area (Å²) in [6, 6.07) is 12.3. The predicted octanol–water partition coefficient (Wildman–Crippen LogP) is 3.93. The van der Waals surface area contributed by atoms with Crippen LogP contribution in [-0.4, -0.2) is 19.6 Å². The standard InChI is InChI=1S/C19H19F2NO3/c1-13-3-5-15(6-4-13)12-22-18(23)10-8-14-7-9-16(25-19(20)21)17(11-14)24-2/h3-11,19H,12H2,1-2H3,(H,22,23)/b10-8+. The molecule has 0 bridgehead atoms. The molecule has 0 aliphatic rings. The fraction of sp³-hybridized carbons (Fsp3) is 0.211. The van der Waals surface area contributed by atoms with Crippen LogP contribution in [0.15, 0.2) is 48.5 Å². The number of benzene rings is 2. The summed E-state index contributed by atoms with van der Waals surface area (Å²) < 4.78 is 34.0. The van der Waals surface area contributed by atoms with E-state index in [4.69, 9.17) is 4.74 Å². The Bertz CT molecular complexity index is 743. The number of rotatable bonds is 7. The number of carbonyl (C=O) groups is 1. The van der Waals surface area contributed by atoms with Gasteiger partial charge in [0.15, 0.2) is 11.5 Å². The summed E-state index contributed by atoms with van der Waals surface area (Å²) in [5.74, 6) is -0.145. The summed E-state index contributed by atoms with van der Waals surface area (Å²) in [6.45, 7) is -0.506. The number of alkyl halides is 2. The van der Waals surface area contributed by atoms with Gasteiger partial charge in [-0.1, -0.05) is 35.9 Å². The second kappa shape index (κ2) is 8.82. The first-order valence-electron chi connectivity index (χ1n) is 7.62. The number of amides is 1. The Hall–Kier alpha value is -2.89. The molecular formula is C19H19F2NO3. The summed E-state index contributed by atoms with van der Waals surface area (Å²) in [6.07, 6.45) is 2.94. The molecule has 6 heteroatoms. The van der Waals surface area contributed by atoms with Crippen LogP contribution in [0.2, 0.25) is 0 Å². The molecule has 0 aliphatic heterocycles. The van der Waals surface area contributed by atoms with Crippen molar-refractivity contribution in [1.82, 2.24) is 5.32 Å². The maximum absolute atomic E-state index is 12.3. The van der Waals surface area contributed by atoms with Crippen LogP contribution in [0, 0.1) is 6.92 Å². The van der Waals surface area contributed by atoms with Gasteiger partial charge in [0, 0.05) is 12.6 Å². The van der Waals surface area contributed by atoms with E-state index in [9.17, 15) is 13.6 Å². The van der Waals surface area contributed by atoms with Gasteiger partial charge in [-0.15, -0.1) is 0 Å². The van der Waals surface area contributed by atoms with Crippen LogP contribution in [0.3, 0.4) is 0 Å². The maximum atomic E-state index is 12.3. The summed E-state index contributed by atoms with van der Waals surface area (Å²) in [4.78, 5) is 11.9. The Labute approximate surface area is 145 Å². The predicted molar refractivity (Wildman–Crippen MR) is 91.7 cm³/mol.